The molecule has 2 N–H and O–H groups in total. The number of rotatable bonds is 5. The van der Waals surface area contributed by atoms with Crippen LogP contribution in [0.5, 0.6) is 11.5 Å². The Morgan fingerprint density at radius 3 is 1.88 bits per heavy atom. The zero-order chi connectivity index (χ0) is 17.1. The van der Waals surface area contributed by atoms with Gasteiger partial charge in [0.25, 0.3) is 5.91 Å². The fourth-order valence-electron chi connectivity index (χ4n) is 2.31. The van der Waals surface area contributed by atoms with Gasteiger partial charge in [-0.25, -0.2) is 4.98 Å². The largest absolute Gasteiger partial charge is 0.497 e. The third-order valence-electron chi connectivity index (χ3n) is 3.55. The second kappa shape index (κ2) is 6.72. The fourth-order valence-corrected chi connectivity index (χ4v) is 3.25. The molecule has 3 aromatic rings. The Bertz CT molecular complexity index is 790. The standard InChI is InChI=1S/C18H16N2O3S/c1-22-13-7-3-11(4-8-13)15-16(24-18(20-15)17(19)21)12-5-9-14(23-2)10-6-12/h3-10H,1-2H3,(H2,19,21). The molecule has 122 valence electrons. The van der Waals surface area contributed by atoms with Gasteiger partial charge in [0.1, 0.15) is 11.5 Å². The third-order valence-corrected chi connectivity index (χ3v) is 4.67. The van der Waals surface area contributed by atoms with Crippen molar-refractivity contribution < 1.29 is 14.3 Å². The zero-order valence-corrected chi connectivity index (χ0v) is 14.1. The molecule has 1 amide bonds. The molecule has 0 bridgehead atoms. The van der Waals surface area contributed by atoms with E-state index in [9.17, 15) is 4.79 Å². The van der Waals surface area contributed by atoms with Crippen LogP contribution in [0.2, 0.25) is 0 Å². The third kappa shape index (κ3) is 3.09. The molecule has 0 saturated carbocycles. The van der Waals surface area contributed by atoms with Crippen LogP contribution in [0.25, 0.3) is 21.7 Å². The van der Waals surface area contributed by atoms with Gasteiger partial charge in [0.2, 0.25) is 0 Å². The molecular formula is C18H16N2O3S. The van der Waals surface area contributed by atoms with Gasteiger partial charge in [-0.1, -0.05) is 0 Å². The van der Waals surface area contributed by atoms with E-state index in [0.717, 1.165) is 33.2 Å². The molecular weight excluding hydrogens is 324 g/mol. The van der Waals surface area contributed by atoms with Crippen LogP contribution in [0, 0.1) is 0 Å². The van der Waals surface area contributed by atoms with Crippen molar-refractivity contribution >= 4 is 17.2 Å². The van der Waals surface area contributed by atoms with Gasteiger partial charge in [-0.3, -0.25) is 4.79 Å². The molecule has 1 aromatic heterocycles. The summed E-state index contributed by atoms with van der Waals surface area (Å²) in [5.41, 5.74) is 7.98. The molecule has 0 spiro atoms. The van der Waals surface area contributed by atoms with Crippen molar-refractivity contribution in [3.8, 4) is 33.2 Å². The van der Waals surface area contributed by atoms with Crippen molar-refractivity contribution in [1.82, 2.24) is 4.98 Å². The van der Waals surface area contributed by atoms with E-state index >= 15 is 0 Å². The summed E-state index contributed by atoms with van der Waals surface area (Å²) in [6, 6.07) is 15.1. The van der Waals surface area contributed by atoms with Crippen molar-refractivity contribution in [3.05, 3.63) is 53.5 Å². The smallest absolute Gasteiger partial charge is 0.277 e. The number of hydrogen-bond donors (Lipinski definition) is 1. The van der Waals surface area contributed by atoms with E-state index in [2.05, 4.69) is 4.98 Å². The van der Waals surface area contributed by atoms with Gasteiger partial charge in [-0.15, -0.1) is 11.3 Å². The maximum atomic E-state index is 11.6. The van der Waals surface area contributed by atoms with Crippen LogP contribution in [0.4, 0.5) is 0 Å². The Labute approximate surface area is 143 Å². The average molecular weight is 340 g/mol. The number of nitrogens with zero attached hydrogens (tertiary/aromatic N) is 1. The second-order valence-electron chi connectivity index (χ2n) is 5.02. The second-order valence-corrected chi connectivity index (χ2v) is 6.02. The lowest BCUT2D eigenvalue weighted by Gasteiger charge is -2.05. The molecule has 0 atom stereocenters. The highest BCUT2D eigenvalue weighted by Gasteiger charge is 2.17. The summed E-state index contributed by atoms with van der Waals surface area (Å²) in [4.78, 5) is 16.9. The predicted molar refractivity (Wildman–Crippen MR) is 94.6 cm³/mol. The number of primary amides is 1. The van der Waals surface area contributed by atoms with Gasteiger partial charge >= 0.3 is 0 Å². The van der Waals surface area contributed by atoms with Crippen LogP contribution < -0.4 is 15.2 Å². The van der Waals surface area contributed by atoms with E-state index in [1.807, 2.05) is 48.5 Å². The molecule has 0 radical (unpaired) electrons. The van der Waals surface area contributed by atoms with Gasteiger partial charge in [0, 0.05) is 5.56 Å². The number of amides is 1. The Morgan fingerprint density at radius 2 is 1.42 bits per heavy atom. The molecule has 0 aliphatic heterocycles. The van der Waals surface area contributed by atoms with E-state index in [1.54, 1.807) is 14.2 Å². The van der Waals surface area contributed by atoms with Crippen molar-refractivity contribution in [3.63, 3.8) is 0 Å². The van der Waals surface area contributed by atoms with Gasteiger partial charge in [-0.2, -0.15) is 0 Å². The Balaban J connectivity index is 2.10. The van der Waals surface area contributed by atoms with Crippen LogP contribution in [-0.4, -0.2) is 25.1 Å². The van der Waals surface area contributed by atoms with E-state index < -0.39 is 5.91 Å². The molecule has 0 saturated heterocycles. The van der Waals surface area contributed by atoms with Gasteiger partial charge in [-0.05, 0) is 54.1 Å². The monoisotopic (exact) mass is 340 g/mol. The van der Waals surface area contributed by atoms with Crippen LogP contribution in [0.3, 0.4) is 0 Å². The quantitative estimate of drug-likeness (QED) is 0.770. The molecule has 0 unspecified atom stereocenters. The molecule has 0 aliphatic carbocycles. The fraction of sp³-hybridized carbons (Fsp3) is 0.111. The lowest BCUT2D eigenvalue weighted by atomic mass is 10.1. The minimum absolute atomic E-state index is 0.284. The van der Waals surface area contributed by atoms with E-state index in [4.69, 9.17) is 15.2 Å². The van der Waals surface area contributed by atoms with Crippen molar-refractivity contribution in [2.75, 3.05) is 14.2 Å². The van der Waals surface area contributed by atoms with Crippen LogP contribution in [-0.2, 0) is 0 Å². The Hall–Kier alpha value is -2.86. The molecule has 5 nitrogen and oxygen atoms in total. The first-order valence-corrected chi connectivity index (χ1v) is 8.03. The lowest BCUT2D eigenvalue weighted by Crippen LogP contribution is -2.10. The first-order chi connectivity index (χ1) is 11.6. The van der Waals surface area contributed by atoms with Gasteiger partial charge in [0.05, 0.1) is 24.8 Å². The minimum Gasteiger partial charge on any atom is -0.497 e. The zero-order valence-electron chi connectivity index (χ0n) is 13.3. The maximum Gasteiger partial charge on any atom is 0.277 e. The summed E-state index contributed by atoms with van der Waals surface area (Å²) in [6.45, 7) is 0. The maximum absolute atomic E-state index is 11.6. The van der Waals surface area contributed by atoms with Gasteiger partial charge < -0.3 is 15.2 Å². The van der Waals surface area contributed by atoms with Crippen LogP contribution >= 0.6 is 11.3 Å². The topological polar surface area (TPSA) is 74.4 Å². The lowest BCUT2D eigenvalue weighted by molar-refractivity contribution is 0.1000. The van der Waals surface area contributed by atoms with Crippen molar-refractivity contribution in [2.24, 2.45) is 5.73 Å². The number of carbonyl (C=O) groups excluding carboxylic acids is 1. The number of nitrogens with two attached hydrogens (primary N) is 1. The number of thiazole rings is 1. The number of hydrogen-bond acceptors (Lipinski definition) is 5. The number of benzene rings is 2. The molecule has 24 heavy (non-hydrogen) atoms. The first-order valence-electron chi connectivity index (χ1n) is 7.22. The Kier molecular flexibility index (Phi) is 4.48. The van der Waals surface area contributed by atoms with E-state index in [-0.39, 0.29) is 5.01 Å². The SMILES string of the molecule is COc1ccc(-c2nc(C(N)=O)sc2-c2ccc(OC)cc2)cc1. The van der Waals surface area contributed by atoms with Crippen molar-refractivity contribution in [1.29, 1.82) is 0 Å². The van der Waals surface area contributed by atoms with Crippen LogP contribution in [0.15, 0.2) is 48.5 Å². The van der Waals surface area contributed by atoms with E-state index in [0.29, 0.717) is 0 Å². The van der Waals surface area contributed by atoms with Crippen molar-refractivity contribution in [2.45, 2.75) is 0 Å². The summed E-state index contributed by atoms with van der Waals surface area (Å²) >= 11 is 1.28. The van der Waals surface area contributed by atoms with Gasteiger partial charge in [0.15, 0.2) is 5.01 Å². The molecule has 0 aliphatic rings. The highest BCUT2D eigenvalue weighted by Crippen LogP contribution is 2.37. The predicted octanol–water partition coefficient (Wildman–Crippen LogP) is 3.59. The Morgan fingerprint density at radius 1 is 0.917 bits per heavy atom. The summed E-state index contributed by atoms with van der Waals surface area (Å²) in [7, 11) is 3.24. The molecule has 3 rings (SSSR count). The summed E-state index contributed by atoms with van der Waals surface area (Å²) in [5, 5.41) is 0.284. The minimum atomic E-state index is -0.533. The normalized spacial score (nSPS) is 10.4. The highest BCUT2D eigenvalue weighted by atomic mass is 32.1. The van der Waals surface area contributed by atoms with E-state index in [1.165, 1.54) is 11.3 Å². The molecule has 6 heteroatoms. The summed E-state index contributed by atoms with van der Waals surface area (Å²) in [6.07, 6.45) is 0. The number of carbonyl (C=O) groups is 1. The van der Waals surface area contributed by atoms with Crippen LogP contribution in [0.1, 0.15) is 9.80 Å². The molecule has 0 fully saturated rings. The number of aromatic nitrogens is 1. The molecule has 2 aromatic carbocycles. The first kappa shape index (κ1) is 16.0. The summed E-state index contributed by atoms with van der Waals surface area (Å²) < 4.78 is 10.4. The summed E-state index contributed by atoms with van der Waals surface area (Å²) in [5.74, 6) is 0.994. The average Bonchev–Trinajstić information content (AvgIpc) is 3.07. The highest BCUT2D eigenvalue weighted by molar-refractivity contribution is 7.17. The molecule has 1 heterocycles. The number of ether oxygens (including phenoxy) is 2. The number of methoxy groups -OCH3 is 2.